The predicted octanol–water partition coefficient (Wildman–Crippen LogP) is 1.25. The molecule has 1 saturated carbocycles. The zero-order valence-electron chi connectivity index (χ0n) is 8.49. The SMILES string of the molecule is CCOC(=O)c1noc(C2(C)CC2F)n1. The van der Waals surface area contributed by atoms with E-state index in [1.54, 1.807) is 13.8 Å². The summed E-state index contributed by atoms with van der Waals surface area (Å²) < 4.78 is 22.5. The van der Waals surface area contributed by atoms with Crippen LogP contribution in [0.4, 0.5) is 4.39 Å². The molecule has 2 unspecified atom stereocenters. The lowest BCUT2D eigenvalue weighted by Gasteiger charge is -1.98. The van der Waals surface area contributed by atoms with E-state index in [4.69, 9.17) is 4.52 Å². The molecule has 1 heterocycles. The summed E-state index contributed by atoms with van der Waals surface area (Å²) >= 11 is 0. The fourth-order valence-electron chi connectivity index (χ4n) is 1.27. The molecule has 0 N–H and O–H groups in total. The van der Waals surface area contributed by atoms with Crippen molar-refractivity contribution in [2.24, 2.45) is 0 Å². The molecule has 2 rings (SSSR count). The molecule has 6 heteroatoms. The lowest BCUT2D eigenvalue weighted by molar-refractivity contribution is 0.0508. The highest BCUT2D eigenvalue weighted by Gasteiger charge is 2.57. The van der Waals surface area contributed by atoms with Crippen LogP contribution in [0.1, 0.15) is 36.8 Å². The monoisotopic (exact) mass is 214 g/mol. The van der Waals surface area contributed by atoms with E-state index in [0.717, 1.165) is 0 Å². The van der Waals surface area contributed by atoms with E-state index in [2.05, 4.69) is 14.9 Å². The molecule has 15 heavy (non-hydrogen) atoms. The lowest BCUT2D eigenvalue weighted by Crippen LogP contribution is -2.09. The van der Waals surface area contributed by atoms with Gasteiger partial charge in [0.15, 0.2) is 0 Å². The molecule has 0 spiro atoms. The maximum Gasteiger partial charge on any atom is 0.379 e. The molecule has 0 bridgehead atoms. The Morgan fingerprint density at radius 3 is 3.00 bits per heavy atom. The number of esters is 1. The first kappa shape index (κ1) is 10.1. The van der Waals surface area contributed by atoms with Gasteiger partial charge in [0.2, 0.25) is 5.89 Å². The fourth-order valence-corrected chi connectivity index (χ4v) is 1.27. The minimum absolute atomic E-state index is 0.146. The topological polar surface area (TPSA) is 65.2 Å². The molecule has 0 saturated heterocycles. The van der Waals surface area contributed by atoms with Crippen molar-refractivity contribution in [2.45, 2.75) is 31.9 Å². The first-order chi connectivity index (χ1) is 7.08. The molecule has 1 fully saturated rings. The van der Waals surface area contributed by atoms with Crippen molar-refractivity contribution in [3.8, 4) is 0 Å². The lowest BCUT2D eigenvalue weighted by atomic mass is 10.1. The summed E-state index contributed by atoms with van der Waals surface area (Å²) in [4.78, 5) is 15.0. The number of hydrogen-bond acceptors (Lipinski definition) is 5. The highest BCUT2D eigenvalue weighted by atomic mass is 19.1. The summed E-state index contributed by atoms with van der Waals surface area (Å²) in [5.74, 6) is -0.627. The van der Waals surface area contributed by atoms with E-state index in [1.165, 1.54) is 0 Å². The zero-order chi connectivity index (χ0) is 11.1. The number of rotatable bonds is 3. The van der Waals surface area contributed by atoms with E-state index in [1.807, 2.05) is 0 Å². The van der Waals surface area contributed by atoms with Crippen LogP contribution in [0.3, 0.4) is 0 Å². The van der Waals surface area contributed by atoms with Crippen LogP contribution in [-0.4, -0.2) is 28.9 Å². The number of carbonyl (C=O) groups is 1. The molecular weight excluding hydrogens is 203 g/mol. The Hall–Kier alpha value is -1.46. The van der Waals surface area contributed by atoms with Crippen LogP contribution in [0.5, 0.6) is 0 Å². The second kappa shape index (κ2) is 3.29. The summed E-state index contributed by atoms with van der Waals surface area (Å²) in [6.45, 7) is 3.60. The third-order valence-electron chi connectivity index (χ3n) is 2.51. The third kappa shape index (κ3) is 1.60. The van der Waals surface area contributed by atoms with E-state index in [-0.39, 0.29) is 18.3 Å². The second-order valence-electron chi connectivity index (χ2n) is 3.73. The van der Waals surface area contributed by atoms with E-state index < -0.39 is 17.6 Å². The number of hydrogen-bond donors (Lipinski definition) is 0. The summed E-state index contributed by atoms with van der Waals surface area (Å²) in [7, 11) is 0. The average Bonchev–Trinajstić information content (AvgIpc) is 2.69. The Balaban J connectivity index is 2.14. The normalized spacial score (nSPS) is 28.9. The van der Waals surface area contributed by atoms with Crippen molar-refractivity contribution < 1.29 is 18.4 Å². The summed E-state index contributed by atoms with van der Waals surface area (Å²) in [5, 5.41) is 3.45. The van der Waals surface area contributed by atoms with Crippen molar-refractivity contribution in [3.63, 3.8) is 0 Å². The van der Waals surface area contributed by atoms with E-state index >= 15 is 0 Å². The number of halogens is 1. The Morgan fingerprint density at radius 1 is 1.80 bits per heavy atom. The third-order valence-corrected chi connectivity index (χ3v) is 2.51. The number of ether oxygens (including phenoxy) is 1. The van der Waals surface area contributed by atoms with Crippen LogP contribution in [0.25, 0.3) is 0 Å². The molecule has 1 aromatic rings. The largest absolute Gasteiger partial charge is 0.460 e. The molecule has 82 valence electrons. The van der Waals surface area contributed by atoms with Crippen LogP contribution >= 0.6 is 0 Å². The maximum atomic E-state index is 13.0. The van der Waals surface area contributed by atoms with Gasteiger partial charge in [-0.15, -0.1) is 0 Å². The van der Waals surface area contributed by atoms with Crippen molar-refractivity contribution in [2.75, 3.05) is 6.61 Å². The first-order valence-electron chi connectivity index (χ1n) is 4.73. The van der Waals surface area contributed by atoms with Crippen LogP contribution in [0, 0.1) is 0 Å². The minimum atomic E-state index is -0.965. The summed E-state index contributed by atoms with van der Waals surface area (Å²) in [5.41, 5.74) is -0.711. The van der Waals surface area contributed by atoms with E-state index in [0.29, 0.717) is 6.42 Å². The summed E-state index contributed by atoms with van der Waals surface area (Å²) in [6.07, 6.45) is -0.606. The quantitative estimate of drug-likeness (QED) is 0.708. The Kier molecular flexibility index (Phi) is 2.21. The highest BCUT2D eigenvalue weighted by Crippen LogP contribution is 2.49. The van der Waals surface area contributed by atoms with Gasteiger partial charge >= 0.3 is 5.97 Å². The van der Waals surface area contributed by atoms with Gasteiger partial charge in [-0.3, -0.25) is 0 Å². The van der Waals surface area contributed by atoms with Gasteiger partial charge in [-0.1, -0.05) is 0 Å². The van der Waals surface area contributed by atoms with Crippen LogP contribution in [0.15, 0.2) is 4.52 Å². The van der Waals surface area contributed by atoms with E-state index in [9.17, 15) is 9.18 Å². The first-order valence-corrected chi connectivity index (χ1v) is 4.73. The molecule has 1 aliphatic rings. The van der Waals surface area contributed by atoms with Crippen molar-refractivity contribution in [3.05, 3.63) is 11.7 Å². The molecule has 1 aromatic heterocycles. The molecule has 0 aliphatic heterocycles. The number of aromatic nitrogens is 2. The fraction of sp³-hybridized carbons (Fsp3) is 0.667. The highest BCUT2D eigenvalue weighted by molar-refractivity contribution is 5.84. The average molecular weight is 214 g/mol. The van der Waals surface area contributed by atoms with Gasteiger partial charge in [-0.2, -0.15) is 4.98 Å². The zero-order valence-corrected chi connectivity index (χ0v) is 8.49. The minimum Gasteiger partial charge on any atom is -0.460 e. The number of nitrogens with zero attached hydrogens (tertiary/aromatic N) is 2. The molecule has 5 nitrogen and oxygen atoms in total. The molecule has 2 atom stereocenters. The number of alkyl halides is 1. The standard InChI is InChI=1S/C9H11FN2O3/c1-3-14-7(13)6-11-8(15-12-6)9(2)4-5(9)10/h5H,3-4H2,1-2H3. The smallest absolute Gasteiger partial charge is 0.379 e. The van der Waals surface area contributed by atoms with Crippen molar-refractivity contribution in [1.29, 1.82) is 0 Å². The molecule has 0 aromatic carbocycles. The Morgan fingerprint density at radius 2 is 2.47 bits per heavy atom. The predicted molar refractivity (Wildman–Crippen MR) is 47.1 cm³/mol. The van der Waals surface area contributed by atoms with Gasteiger partial charge in [-0.05, 0) is 25.4 Å². The molecule has 0 radical (unpaired) electrons. The summed E-state index contributed by atoms with van der Waals surface area (Å²) in [6, 6.07) is 0. The second-order valence-corrected chi connectivity index (χ2v) is 3.73. The van der Waals surface area contributed by atoms with Crippen molar-refractivity contribution >= 4 is 5.97 Å². The maximum absolute atomic E-state index is 13.0. The molecular formula is C9H11FN2O3. The number of carbonyl (C=O) groups excluding carboxylic acids is 1. The van der Waals surface area contributed by atoms with Crippen LogP contribution < -0.4 is 0 Å². The van der Waals surface area contributed by atoms with Gasteiger partial charge < -0.3 is 9.26 Å². The molecule has 0 amide bonds. The van der Waals surface area contributed by atoms with Crippen LogP contribution in [-0.2, 0) is 10.2 Å². The molecule has 1 aliphatic carbocycles. The van der Waals surface area contributed by atoms with Gasteiger partial charge in [-0.25, -0.2) is 9.18 Å². The van der Waals surface area contributed by atoms with Gasteiger partial charge in [0, 0.05) is 0 Å². The van der Waals surface area contributed by atoms with Crippen LogP contribution in [0.2, 0.25) is 0 Å². The van der Waals surface area contributed by atoms with Gasteiger partial charge in [0.1, 0.15) is 6.17 Å². The van der Waals surface area contributed by atoms with Gasteiger partial charge in [0.25, 0.3) is 5.82 Å². The van der Waals surface area contributed by atoms with Crippen molar-refractivity contribution in [1.82, 2.24) is 10.1 Å². The van der Waals surface area contributed by atoms with Gasteiger partial charge in [0.05, 0.1) is 12.0 Å². The Labute approximate surface area is 85.6 Å². The Bertz CT molecular complexity index is 392.